The highest BCUT2D eigenvalue weighted by molar-refractivity contribution is 7.10. The summed E-state index contributed by atoms with van der Waals surface area (Å²) in [6.45, 7) is 1.48. The second-order valence-electron chi connectivity index (χ2n) is 6.01. The molecule has 4 rings (SSSR count). The Bertz CT molecular complexity index is 1040. The number of allylic oxidation sites excluding steroid dienone is 1. The third-order valence-electron chi connectivity index (χ3n) is 4.29. The number of hydrogen-bond donors (Lipinski definition) is 0. The molecular formula is C21H14F2O3S. The molecule has 0 saturated heterocycles. The molecule has 0 aliphatic carbocycles. The van der Waals surface area contributed by atoms with Crippen LogP contribution in [0.2, 0.25) is 0 Å². The molecule has 0 atom stereocenters. The summed E-state index contributed by atoms with van der Waals surface area (Å²) in [5.74, 6) is -0.472. The topological polar surface area (TPSA) is 35.5 Å². The minimum absolute atomic E-state index is 0.146. The summed E-state index contributed by atoms with van der Waals surface area (Å²) in [6.07, 6.45) is 1.70. The number of thiophene rings is 1. The van der Waals surface area contributed by atoms with Gasteiger partial charge in [0, 0.05) is 16.5 Å². The number of ketones is 1. The van der Waals surface area contributed by atoms with Gasteiger partial charge in [0.1, 0.15) is 29.7 Å². The highest BCUT2D eigenvalue weighted by atomic mass is 32.1. The van der Waals surface area contributed by atoms with Crippen LogP contribution < -0.4 is 9.47 Å². The molecule has 0 fully saturated rings. The first-order valence-corrected chi connectivity index (χ1v) is 9.09. The number of ether oxygens (including phenoxy) is 2. The standard InChI is InChI=1S/C21H14F2O3S/c1-12-18(25-11-15-16(22)5-2-6-17(15)23)8-7-14-20(24)19(26-21(12)14)10-13-4-3-9-27-13/h2-10H,11H2,1H3/b19-10-. The van der Waals surface area contributed by atoms with Crippen molar-refractivity contribution in [1.29, 1.82) is 0 Å². The largest absolute Gasteiger partial charge is 0.488 e. The Morgan fingerprint density at radius 3 is 2.59 bits per heavy atom. The Morgan fingerprint density at radius 1 is 1.11 bits per heavy atom. The van der Waals surface area contributed by atoms with Crippen molar-refractivity contribution in [1.82, 2.24) is 0 Å². The highest BCUT2D eigenvalue weighted by Crippen LogP contribution is 2.39. The van der Waals surface area contributed by atoms with Gasteiger partial charge >= 0.3 is 0 Å². The van der Waals surface area contributed by atoms with Gasteiger partial charge in [-0.05, 0) is 42.6 Å². The average molecular weight is 384 g/mol. The number of benzene rings is 2. The number of rotatable bonds is 4. The van der Waals surface area contributed by atoms with Gasteiger partial charge in [0.25, 0.3) is 0 Å². The second-order valence-corrected chi connectivity index (χ2v) is 6.99. The predicted molar refractivity (Wildman–Crippen MR) is 99.1 cm³/mol. The number of carbonyl (C=O) groups excluding carboxylic acids is 1. The lowest BCUT2D eigenvalue weighted by molar-refractivity contribution is 0.101. The van der Waals surface area contributed by atoms with E-state index in [1.165, 1.54) is 29.5 Å². The van der Waals surface area contributed by atoms with Crippen LogP contribution in [0.4, 0.5) is 8.78 Å². The van der Waals surface area contributed by atoms with E-state index in [1.54, 1.807) is 25.1 Å². The molecule has 0 bridgehead atoms. The molecule has 0 radical (unpaired) electrons. The predicted octanol–water partition coefficient (Wildman–Crippen LogP) is 5.53. The first-order valence-electron chi connectivity index (χ1n) is 8.21. The van der Waals surface area contributed by atoms with E-state index in [9.17, 15) is 13.6 Å². The van der Waals surface area contributed by atoms with Crippen LogP contribution in [0.3, 0.4) is 0 Å². The second kappa shape index (κ2) is 6.96. The van der Waals surface area contributed by atoms with E-state index < -0.39 is 11.6 Å². The monoisotopic (exact) mass is 384 g/mol. The Balaban J connectivity index is 1.60. The van der Waals surface area contributed by atoms with Crippen molar-refractivity contribution in [3.8, 4) is 11.5 Å². The molecule has 1 aromatic heterocycles. The molecule has 0 spiro atoms. The highest BCUT2D eigenvalue weighted by Gasteiger charge is 2.30. The smallest absolute Gasteiger partial charge is 0.232 e. The molecule has 1 aliphatic rings. The van der Waals surface area contributed by atoms with Gasteiger partial charge in [-0.25, -0.2) is 8.78 Å². The molecule has 0 saturated carbocycles. The molecule has 2 aromatic carbocycles. The van der Waals surface area contributed by atoms with Gasteiger partial charge in [-0.15, -0.1) is 11.3 Å². The Morgan fingerprint density at radius 2 is 1.89 bits per heavy atom. The zero-order valence-electron chi connectivity index (χ0n) is 14.3. The van der Waals surface area contributed by atoms with Gasteiger partial charge in [-0.2, -0.15) is 0 Å². The van der Waals surface area contributed by atoms with E-state index in [0.717, 1.165) is 4.88 Å². The molecule has 3 nitrogen and oxygen atoms in total. The lowest BCUT2D eigenvalue weighted by atomic mass is 10.1. The van der Waals surface area contributed by atoms with Gasteiger partial charge in [-0.3, -0.25) is 4.79 Å². The molecule has 6 heteroatoms. The van der Waals surface area contributed by atoms with Gasteiger partial charge in [-0.1, -0.05) is 12.1 Å². The summed E-state index contributed by atoms with van der Waals surface area (Å²) < 4.78 is 38.9. The third kappa shape index (κ3) is 3.24. The first-order chi connectivity index (χ1) is 13.0. The van der Waals surface area contributed by atoms with E-state index >= 15 is 0 Å². The average Bonchev–Trinajstić information content (AvgIpc) is 3.26. The number of Topliss-reactive ketones (excluding diaryl/α,β-unsaturated/α-hetero) is 1. The summed E-state index contributed by atoms with van der Waals surface area (Å²) in [5, 5.41) is 1.91. The Kier molecular flexibility index (Phi) is 4.49. The summed E-state index contributed by atoms with van der Waals surface area (Å²) >= 11 is 1.50. The maximum atomic E-state index is 13.8. The Hall–Kier alpha value is -2.99. The van der Waals surface area contributed by atoms with Crippen molar-refractivity contribution in [3.05, 3.63) is 86.8 Å². The number of carbonyl (C=O) groups is 1. The maximum Gasteiger partial charge on any atom is 0.232 e. The van der Waals surface area contributed by atoms with E-state index in [1.807, 2.05) is 17.5 Å². The van der Waals surface area contributed by atoms with Crippen molar-refractivity contribution in [2.45, 2.75) is 13.5 Å². The van der Waals surface area contributed by atoms with Crippen LogP contribution >= 0.6 is 11.3 Å². The van der Waals surface area contributed by atoms with Gasteiger partial charge in [0.15, 0.2) is 5.76 Å². The minimum Gasteiger partial charge on any atom is -0.488 e. The molecule has 1 aliphatic heterocycles. The van der Waals surface area contributed by atoms with Crippen LogP contribution in [0.15, 0.2) is 53.6 Å². The molecule has 27 heavy (non-hydrogen) atoms. The summed E-state index contributed by atoms with van der Waals surface area (Å²) in [7, 11) is 0. The fourth-order valence-corrected chi connectivity index (χ4v) is 3.49. The van der Waals surface area contributed by atoms with Crippen molar-refractivity contribution in [2.24, 2.45) is 0 Å². The van der Waals surface area contributed by atoms with E-state index in [-0.39, 0.29) is 23.7 Å². The summed E-state index contributed by atoms with van der Waals surface area (Å²) in [6, 6.07) is 10.7. The molecule has 2 heterocycles. The van der Waals surface area contributed by atoms with Gasteiger partial charge in [0.2, 0.25) is 5.78 Å². The maximum absolute atomic E-state index is 13.8. The lowest BCUT2D eigenvalue weighted by Crippen LogP contribution is -2.03. The Labute approximate surface area is 158 Å². The van der Waals surface area contributed by atoms with Crippen molar-refractivity contribution in [3.63, 3.8) is 0 Å². The summed E-state index contributed by atoms with van der Waals surface area (Å²) in [4.78, 5) is 13.4. The molecule has 0 N–H and O–H groups in total. The normalized spacial score (nSPS) is 14.3. The van der Waals surface area contributed by atoms with Crippen LogP contribution in [0, 0.1) is 18.6 Å². The zero-order valence-corrected chi connectivity index (χ0v) is 15.1. The van der Waals surface area contributed by atoms with Crippen LogP contribution in [0.25, 0.3) is 6.08 Å². The molecule has 3 aromatic rings. The van der Waals surface area contributed by atoms with Crippen molar-refractivity contribution >= 4 is 23.2 Å². The fourth-order valence-electron chi connectivity index (χ4n) is 2.85. The lowest BCUT2D eigenvalue weighted by Gasteiger charge is -2.12. The van der Waals surface area contributed by atoms with Crippen molar-refractivity contribution in [2.75, 3.05) is 0 Å². The zero-order chi connectivity index (χ0) is 19.0. The number of hydrogen-bond acceptors (Lipinski definition) is 4. The van der Waals surface area contributed by atoms with Crippen LogP contribution in [-0.4, -0.2) is 5.78 Å². The number of fused-ring (bicyclic) bond motifs is 1. The van der Waals surface area contributed by atoms with Crippen molar-refractivity contribution < 1.29 is 23.0 Å². The van der Waals surface area contributed by atoms with E-state index in [0.29, 0.717) is 22.6 Å². The first kappa shape index (κ1) is 17.4. The van der Waals surface area contributed by atoms with Crippen LogP contribution in [-0.2, 0) is 6.61 Å². The molecule has 0 amide bonds. The fraction of sp³-hybridized carbons (Fsp3) is 0.0952. The van der Waals surface area contributed by atoms with E-state index in [4.69, 9.17) is 9.47 Å². The van der Waals surface area contributed by atoms with Crippen LogP contribution in [0.1, 0.15) is 26.4 Å². The molecule has 136 valence electrons. The third-order valence-corrected chi connectivity index (χ3v) is 5.11. The van der Waals surface area contributed by atoms with Gasteiger partial charge < -0.3 is 9.47 Å². The van der Waals surface area contributed by atoms with Gasteiger partial charge in [0.05, 0.1) is 11.1 Å². The molecular weight excluding hydrogens is 370 g/mol. The summed E-state index contributed by atoms with van der Waals surface area (Å²) in [5.41, 5.74) is 0.902. The SMILES string of the molecule is Cc1c(OCc2c(F)cccc2F)ccc2c1O/C(=C\c1cccs1)C2=O. The minimum atomic E-state index is -0.665. The van der Waals surface area contributed by atoms with E-state index in [2.05, 4.69) is 0 Å². The number of halogens is 2. The molecule has 0 unspecified atom stereocenters. The quantitative estimate of drug-likeness (QED) is 0.555. The van der Waals surface area contributed by atoms with Crippen LogP contribution in [0.5, 0.6) is 11.5 Å².